The standard InChI is InChI=1S/C30H38N4O5/c1-7-20(3)34(28(37)24(18-25(31)35)33-29(38)39-30(4,5)6)26(23-16-14-21(8-2)15-17-23)27(36)32-19-22-12-10-9-11-13-22/h2,9-17,20,24,26H,7,18-19H2,1,3-6H3,(H2,31,35)(H,32,36)(H,33,38). The molecule has 0 aliphatic rings. The number of alkyl carbamates (subject to hydrolysis) is 1. The van der Waals surface area contributed by atoms with Crippen LogP contribution in [-0.2, 0) is 25.7 Å². The lowest BCUT2D eigenvalue weighted by molar-refractivity contribution is -0.146. The van der Waals surface area contributed by atoms with E-state index in [0.29, 0.717) is 17.5 Å². The fourth-order valence-electron chi connectivity index (χ4n) is 3.91. The highest BCUT2D eigenvalue weighted by molar-refractivity contribution is 5.94. The zero-order valence-corrected chi connectivity index (χ0v) is 23.2. The van der Waals surface area contributed by atoms with Crippen molar-refractivity contribution in [2.24, 2.45) is 5.73 Å². The van der Waals surface area contributed by atoms with Crippen LogP contribution in [0.25, 0.3) is 0 Å². The van der Waals surface area contributed by atoms with Gasteiger partial charge >= 0.3 is 6.09 Å². The molecule has 4 N–H and O–H groups in total. The van der Waals surface area contributed by atoms with E-state index in [1.54, 1.807) is 52.0 Å². The highest BCUT2D eigenvalue weighted by Gasteiger charge is 2.39. The fourth-order valence-corrected chi connectivity index (χ4v) is 3.91. The van der Waals surface area contributed by atoms with Crippen LogP contribution >= 0.6 is 0 Å². The van der Waals surface area contributed by atoms with Crippen molar-refractivity contribution in [2.75, 3.05) is 0 Å². The van der Waals surface area contributed by atoms with E-state index in [9.17, 15) is 19.2 Å². The molecular weight excluding hydrogens is 496 g/mol. The number of nitrogens with one attached hydrogen (secondary N) is 2. The molecule has 0 bridgehead atoms. The van der Waals surface area contributed by atoms with Crippen LogP contribution in [0.1, 0.15) is 70.2 Å². The first-order valence-electron chi connectivity index (χ1n) is 12.8. The van der Waals surface area contributed by atoms with Crippen LogP contribution in [0.4, 0.5) is 4.79 Å². The summed E-state index contributed by atoms with van der Waals surface area (Å²) in [7, 11) is 0. The summed E-state index contributed by atoms with van der Waals surface area (Å²) in [5.41, 5.74) is 6.61. The summed E-state index contributed by atoms with van der Waals surface area (Å²) in [6.07, 6.45) is 4.65. The smallest absolute Gasteiger partial charge is 0.408 e. The summed E-state index contributed by atoms with van der Waals surface area (Å²) in [4.78, 5) is 53.6. The molecule has 0 saturated carbocycles. The summed E-state index contributed by atoms with van der Waals surface area (Å²) < 4.78 is 5.30. The van der Waals surface area contributed by atoms with Crippen LogP contribution in [0.5, 0.6) is 0 Å². The highest BCUT2D eigenvalue weighted by Crippen LogP contribution is 2.27. The van der Waals surface area contributed by atoms with Crippen molar-refractivity contribution < 1.29 is 23.9 Å². The predicted molar refractivity (Wildman–Crippen MR) is 149 cm³/mol. The van der Waals surface area contributed by atoms with Crippen LogP contribution in [0.3, 0.4) is 0 Å². The first-order valence-corrected chi connectivity index (χ1v) is 12.8. The van der Waals surface area contributed by atoms with E-state index in [-0.39, 0.29) is 6.54 Å². The summed E-state index contributed by atoms with van der Waals surface area (Å²) in [5.74, 6) is 0.669. The quantitative estimate of drug-likeness (QED) is 0.380. The molecule has 0 fully saturated rings. The van der Waals surface area contributed by atoms with Gasteiger partial charge in [0.15, 0.2) is 0 Å². The second-order valence-electron chi connectivity index (χ2n) is 10.2. The topological polar surface area (TPSA) is 131 Å². The number of nitrogens with two attached hydrogens (primary N) is 1. The SMILES string of the molecule is C#Cc1ccc(C(C(=O)NCc2ccccc2)N(C(=O)C(CC(N)=O)NC(=O)OC(C)(C)C)C(C)CC)cc1. The Bertz CT molecular complexity index is 1180. The van der Waals surface area contributed by atoms with Crippen LogP contribution < -0.4 is 16.4 Å². The molecule has 208 valence electrons. The number of ether oxygens (including phenoxy) is 1. The van der Waals surface area contributed by atoms with Crippen molar-refractivity contribution in [1.29, 1.82) is 0 Å². The van der Waals surface area contributed by atoms with Gasteiger partial charge in [-0.15, -0.1) is 6.42 Å². The Morgan fingerprint density at radius 2 is 1.67 bits per heavy atom. The van der Waals surface area contributed by atoms with Crippen molar-refractivity contribution in [3.8, 4) is 12.3 Å². The third kappa shape index (κ3) is 9.49. The molecular formula is C30H38N4O5. The zero-order valence-electron chi connectivity index (χ0n) is 23.2. The predicted octanol–water partition coefficient (Wildman–Crippen LogP) is 3.42. The Morgan fingerprint density at radius 3 is 2.18 bits per heavy atom. The number of rotatable bonds is 11. The summed E-state index contributed by atoms with van der Waals surface area (Å²) in [6, 6.07) is 13.2. The van der Waals surface area contributed by atoms with Crippen molar-refractivity contribution in [3.05, 3.63) is 71.3 Å². The van der Waals surface area contributed by atoms with Gasteiger partial charge in [0.05, 0.1) is 6.42 Å². The van der Waals surface area contributed by atoms with E-state index in [1.165, 1.54) is 4.90 Å². The average Bonchev–Trinajstić information content (AvgIpc) is 2.88. The highest BCUT2D eigenvalue weighted by atomic mass is 16.6. The molecule has 0 radical (unpaired) electrons. The maximum atomic E-state index is 14.0. The first kappa shape index (κ1) is 30.9. The van der Waals surface area contributed by atoms with E-state index in [2.05, 4.69) is 16.6 Å². The van der Waals surface area contributed by atoms with Crippen molar-refractivity contribution >= 4 is 23.8 Å². The van der Waals surface area contributed by atoms with Gasteiger partial charge < -0.3 is 26.0 Å². The molecule has 2 rings (SSSR count). The van der Waals surface area contributed by atoms with Gasteiger partial charge in [0.2, 0.25) is 17.7 Å². The molecule has 2 aromatic carbocycles. The molecule has 9 heteroatoms. The van der Waals surface area contributed by atoms with E-state index in [4.69, 9.17) is 16.9 Å². The molecule has 9 nitrogen and oxygen atoms in total. The molecule has 3 atom stereocenters. The maximum absolute atomic E-state index is 14.0. The number of carbonyl (C=O) groups excluding carboxylic acids is 4. The van der Waals surface area contributed by atoms with Crippen LogP contribution in [0.2, 0.25) is 0 Å². The van der Waals surface area contributed by atoms with Crippen LogP contribution in [-0.4, -0.2) is 46.4 Å². The van der Waals surface area contributed by atoms with E-state index >= 15 is 0 Å². The summed E-state index contributed by atoms with van der Waals surface area (Å²) in [6.45, 7) is 8.93. The number of terminal acetylenes is 1. The number of hydrogen-bond acceptors (Lipinski definition) is 5. The molecule has 0 aliphatic heterocycles. The Hall–Kier alpha value is -4.32. The molecule has 39 heavy (non-hydrogen) atoms. The average molecular weight is 535 g/mol. The number of hydrogen-bond donors (Lipinski definition) is 3. The Labute approximate surface area is 230 Å². The van der Waals surface area contributed by atoms with Crippen molar-refractivity contribution in [1.82, 2.24) is 15.5 Å². The second kappa shape index (κ2) is 14.0. The lowest BCUT2D eigenvalue weighted by atomic mass is 9.98. The number of nitrogens with zero attached hydrogens (tertiary/aromatic N) is 1. The zero-order chi connectivity index (χ0) is 29.2. The van der Waals surface area contributed by atoms with Gasteiger partial charge in [-0.2, -0.15) is 0 Å². The molecule has 0 spiro atoms. The van der Waals surface area contributed by atoms with Crippen molar-refractivity contribution in [3.63, 3.8) is 0 Å². The molecule has 0 aliphatic carbocycles. The van der Waals surface area contributed by atoms with Gasteiger partial charge in [-0.1, -0.05) is 55.3 Å². The van der Waals surface area contributed by atoms with Gasteiger partial charge in [0.25, 0.3) is 0 Å². The Morgan fingerprint density at radius 1 is 1.05 bits per heavy atom. The number of benzene rings is 2. The van der Waals surface area contributed by atoms with Crippen LogP contribution in [0.15, 0.2) is 54.6 Å². The molecule has 0 heterocycles. The van der Waals surface area contributed by atoms with E-state index in [0.717, 1.165) is 5.56 Å². The lowest BCUT2D eigenvalue weighted by Gasteiger charge is -2.38. The minimum Gasteiger partial charge on any atom is -0.444 e. The third-order valence-electron chi connectivity index (χ3n) is 5.94. The lowest BCUT2D eigenvalue weighted by Crippen LogP contribution is -2.56. The van der Waals surface area contributed by atoms with E-state index < -0.39 is 54.0 Å². The molecule has 0 aromatic heterocycles. The van der Waals surface area contributed by atoms with Gasteiger partial charge in [0.1, 0.15) is 17.7 Å². The van der Waals surface area contributed by atoms with Crippen LogP contribution in [0, 0.1) is 12.3 Å². The van der Waals surface area contributed by atoms with Gasteiger partial charge in [-0.3, -0.25) is 14.4 Å². The Kier molecular flexibility index (Phi) is 11.1. The number of amides is 4. The Balaban J connectivity index is 2.52. The first-order chi connectivity index (χ1) is 18.4. The number of primary amides is 1. The van der Waals surface area contributed by atoms with Gasteiger partial charge in [-0.25, -0.2) is 4.79 Å². The normalized spacial score (nSPS) is 13.2. The summed E-state index contributed by atoms with van der Waals surface area (Å²) >= 11 is 0. The van der Waals surface area contributed by atoms with E-state index in [1.807, 2.05) is 37.3 Å². The minimum atomic E-state index is -1.35. The second-order valence-corrected chi connectivity index (χ2v) is 10.2. The molecule has 0 saturated heterocycles. The fraction of sp³-hybridized carbons (Fsp3) is 0.400. The molecule has 2 aromatic rings. The monoisotopic (exact) mass is 534 g/mol. The van der Waals surface area contributed by atoms with Crippen molar-refractivity contribution in [2.45, 2.75) is 77.7 Å². The molecule has 4 amide bonds. The van der Waals surface area contributed by atoms with Gasteiger partial charge in [-0.05, 0) is 57.4 Å². The third-order valence-corrected chi connectivity index (χ3v) is 5.94. The maximum Gasteiger partial charge on any atom is 0.408 e. The molecule has 3 unspecified atom stereocenters. The minimum absolute atomic E-state index is 0.238. The summed E-state index contributed by atoms with van der Waals surface area (Å²) in [5, 5.41) is 5.39. The largest absolute Gasteiger partial charge is 0.444 e. The number of carbonyl (C=O) groups is 4. The van der Waals surface area contributed by atoms with Gasteiger partial charge in [0, 0.05) is 18.2 Å².